The molecule has 3 heterocycles. The SMILES string of the molecule is CC1CC(C)(C)N2C(=O)C(=C3SC(=S)NC3=O)c3cc(F)cc1c32. The zero-order chi connectivity index (χ0) is 17.4. The Hall–Kier alpha value is -1.73. The van der Waals surface area contributed by atoms with Crippen LogP contribution in [0, 0.1) is 5.82 Å². The predicted octanol–water partition coefficient (Wildman–Crippen LogP) is 3.32. The quantitative estimate of drug-likeness (QED) is 0.568. The summed E-state index contributed by atoms with van der Waals surface area (Å²) in [4.78, 5) is 27.3. The van der Waals surface area contributed by atoms with Gasteiger partial charge in [-0.2, -0.15) is 0 Å². The average molecular weight is 362 g/mol. The van der Waals surface area contributed by atoms with Crippen LogP contribution in [0.5, 0.6) is 0 Å². The van der Waals surface area contributed by atoms with Crippen molar-refractivity contribution in [2.24, 2.45) is 0 Å². The van der Waals surface area contributed by atoms with Crippen molar-refractivity contribution in [1.82, 2.24) is 5.32 Å². The minimum absolute atomic E-state index is 0.129. The summed E-state index contributed by atoms with van der Waals surface area (Å²) in [7, 11) is 0. The van der Waals surface area contributed by atoms with E-state index in [0.717, 1.165) is 29.4 Å². The van der Waals surface area contributed by atoms with Crippen molar-refractivity contribution in [2.75, 3.05) is 4.90 Å². The Morgan fingerprint density at radius 2 is 2.08 bits per heavy atom. The number of carbonyl (C=O) groups is 2. The standard InChI is InChI=1S/C17H15FN2O2S2/c1-7-6-17(2,3)20-12-9(7)4-8(18)5-10(12)11(15(20)22)13-14(21)19-16(23)24-13/h4-5,7H,6H2,1-3H3,(H,19,21,23). The van der Waals surface area contributed by atoms with E-state index in [2.05, 4.69) is 5.32 Å². The molecule has 1 aromatic rings. The van der Waals surface area contributed by atoms with Crippen LogP contribution in [0.1, 0.15) is 44.2 Å². The Labute approximate surface area is 148 Å². The molecule has 4 rings (SSSR count). The van der Waals surface area contributed by atoms with Gasteiger partial charge in [-0.05, 0) is 43.9 Å². The number of nitrogens with zero attached hydrogens (tertiary/aromatic N) is 1. The minimum atomic E-state index is -0.404. The number of hydrogen-bond acceptors (Lipinski definition) is 4. The number of thioether (sulfide) groups is 1. The molecule has 3 aliphatic rings. The molecular formula is C17H15FN2O2S2. The van der Waals surface area contributed by atoms with E-state index in [1.165, 1.54) is 12.1 Å². The van der Waals surface area contributed by atoms with Gasteiger partial charge in [-0.25, -0.2) is 4.39 Å². The van der Waals surface area contributed by atoms with Crippen LogP contribution in [0.2, 0.25) is 0 Å². The van der Waals surface area contributed by atoms with E-state index in [4.69, 9.17) is 12.2 Å². The maximum absolute atomic E-state index is 14.2. The summed E-state index contributed by atoms with van der Waals surface area (Å²) in [5.41, 5.74) is 1.91. The number of anilines is 1. The lowest BCUT2D eigenvalue weighted by molar-refractivity contribution is -0.116. The first-order valence-electron chi connectivity index (χ1n) is 7.66. The van der Waals surface area contributed by atoms with E-state index in [-0.39, 0.29) is 22.3 Å². The van der Waals surface area contributed by atoms with E-state index < -0.39 is 17.3 Å². The number of carbonyl (C=O) groups excluding carboxylic acids is 2. The van der Waals surface area contributed by atoms with Crippen molar-refractivity contribution in [2.45, 2.75) is 38.6 Å². The molecule has 1 saturated heterocycles. The molecule has 1 aromatic carbocycles. The number of benzene rings is 1. The van der Waals surface area contributed by atoms with Gasteiger partial charge in [0.05, 0.1) is 16.2 Å². The van der Waals surface area contributed by atoms with Gasteiger partial charge in [0.1, 0.15) is 10.1 Å². The fraction of sp³-hybridized carbons (Fsp3) is 0.353. The minimum Gasteiger partial charge on any atom is -0.307 e. The Kier molecular flexibility index (Phi) is 3.22. The summed E-state index contributed by atoms with van der Waals surface area (Å²) in [5, 5.41) is 2.54. The molecule has 0 bridgehead atoms. The highest BCUT2D eigenvalue weighted by molar-refractivity contribution is 8.27. The Balaban J connectivity index is 2.06. The fourth-order valence-electron chi connectivity index (χ4n) is 3.99. The van der Waals surface area contributed by atoms with Gasteiger partial charge in [0.2, 0.25) is 0 Å². The molecule has 0 aromatic heterocycles. The molecular weight excluding hydrogens is 347 g/mol. The van der Waals surface area contributed by atoms with Gasteiger partial charge in [0.15, 0.2) is 0 Å². The topological polar surface area (TPSA) is 49.4 Å². The van der Waals surface area contributed by atoms with Crippen LogP contribution in [0.4, 0.5) is 10.1 Å². The Bertz CT molecular complexity index is 876. The molecule has 2 amide bonds. The van der Waals surface area contributed by atoms with E-state index in [9.17, 15) is 14.0 Å². The second kappa shape index (κ2) is 4.89. The predicted molar refractivity (Wildman–Crippen MR) is 96.2 cm³/mol. The van der Waals surface area contributed by atoms with Crippen molar-refractivity contribution < 1.29 is 14.0 Å². The second-order valence-electron chi connectivity index (χ2n) is 7.00. The lowest BCUT2D eigenvalue weighted by Gasteiger charge is -2.43. The maximum Gasteiger partial charge on any atom is 0.264 e. The van der Waals surface area contributed by atoms with Gasteiger partial charge in [0.25, 0.3) is 11.8 Å². The molecule has 1 N–H and O–H groups in total. The first-order valence-corrected chi connectivity index (χ1v) is 8.89. The van der Waals surface area contributed by atoms with Gasteiger partial charge < -0.3 is 10.2 Å². The van der Waals surface area contributed by atoms with Crippen LogP contribution in [0.15, 0.2) is 17.0 Å². The summed E-state index contributed by atoms with van der Waals surface area (Å²) in [6.07, 6.45) is 0.731. The number of thiocarbonyl (C=S) groups is 1. The summed E-state index contributed by atoms with van der Waals surface area (Å²) in [6, 6.07) is 2.85. The molecule has 0 saturated carbocycles. The lowest BCUT2D eigenvalue weighted by atomic mass is 9.80. The molecule has 4 nitrogen and oxygen atoms in total. The van der Waals surface area contributed by atoms with Crippen molar-refractivity contribution in [3.63, 3.8) is 0 Å². The highest BCUT2D eigenvalue weighted by Crippen LogP contribution is 2.53. The molecule has 3 aliphatic heterocycles. The highest BCUT2D eigenvalue weighted by atomic mass is 32.2. The molecule has 1 unspecified atom stereocenters. The largest absolute Gasteiger partial charge is 0.307 e. The molecule has 1 fully saturated rings. The number of amides is 2. The first-order chi connectivity index (χ1) is 11.2. The van der Waals surface area contributed by atoms with Crippen molar-refractivity contribution in [3.8, 4) is 0 Å². The maximum atomic E-state index is 14.2. The van der Waals surface area contributed by atoms with Crippen LogP contribution in [0.3, 0.4) is 0 Å². The smallest absolute Gasteiger partial charge is 0.264 e. The molecule has 0 spiro atoms. The average Bonchev–Trinajstić information content (AvgIpc) is 2.92. The number of halogens is 1. The first kappa shape index (κ1) is 15.8. The van der Waals surface area contributed by atoms with Gasteiger partial charge in [-0.3, -0.25) is 9.59 Å². The van der Waals surface area contributed by atoms with Gasteiger partial charge in [0, 0.05) is 11.1 Å². The normalized spacial score (nSPS) is 27.6. The van der Waals surface area contributed by atoms with E-state index >= 15 is 0 Å². The molecule has 0 aliphatic carbocycles. The Morgan fingerprint density at radius 3 is 2.71 bits per heavy atom. The van der Waals surface area contributed by atoms with Crippen LogP contribution >= 0.6 is 24.0 Å². The summed E-state index contributed by atoms with van der Waals surface area (Å²) < 4.78 is 14.5. The summed E-state index contributed by atoms with van der Waals surface area (Å²) in [6.45, 7) is 6.03. The lowest BCUT2D eigenvalue weighted by Crippen LogP contribution is -2.49. The molecule has 1 atom stereocenters. The fourth-order valence-corrected chi connectivity index (χ4v) is 5.11. The molecule has 24 heavy (non-hydrogen) atoms. The summed E-state index contributed by atoms with van der Waals surface area (Å²) in [5.74, 6) is -0.911. The third-order valence-electron chi connectivity index (χ3n) is 4.80. The van der Waals surface area contributed by atoms with Crippen LogP contribution < -0.4 is 10.2 Å². The van der Waals surface area contributed by atoms with Crippen molar-refractivity contribution >= 4 is 51.4 Å². The van der Waals surface area contributed by atoms with Gasteiger partial charge in [-0.1, -0.05) is 30.9 Å². The molecule has 7 heteroatoms. The van der Waals surface area contributed by atoms with Crippen LogP contribution in [0.25, 0.3) is 5.57 Å². The molecule has 124 valence electrons. The van der Waals surface area contributed by atoms with Crippen LogP contribution in [-0.4, -0.2) is 21.7 Å². The summed E-state index contributed by atoms with van der Waals surface area (Å²) >= 11 is 6.09. The van der Waals surface area contributed by atoms with Gasteiger partial charge in [-0.15, -0.1) is 0 Å². The van der Waals surface area contributed by atoms with Gasteiger partial charge >= 0.3 is 0 Å². The van der Waals surface area contributed by atoms with E-state index in [1.54, 1.807) is 4.90 Å². The number of rotatable bonds is 0. The molecule has 0 radical (unpaired) electrons. The third kappa shape index (κ3) is 2.01. The van der Waals surface area contributed by atoms with Crippen molar-refractivity contribution in [1.29, 1.82) is 0 Å². The third-order valence-corrected chi connectivity index (χ3v) is 6.03. The zero-order valence-electron chi connectivity index (χ0n) is 13.4. The van der Waals surface area contributed by atoms with E-state index in [0.29, 0.717) is 9.88 Å². The Morgan fingerprint density at radius 1 is 1.38 bits per heavy atom. The zero-order valence-corrected chi connectivity index (χ0v) is 15.0. The van der Waals surface area contributed by atoms with Crippen LogP contribution in [-0.2, 0) is 9.59 Å². The number of nitrogens with one attached hydrogen (secondary N) is 1. The number of hydrogen-bond donors (Lipinski definition) is 1. The second-order valence-corrected chi connectivity index (χ2v) is 8.68. The van der Waals surface area contributed by atoms with E-state index in [1.807, 2.05) is 20.8 Å². The van der Waals surface area contributed by atoms with Crippen molar-refractivity contribution in [3.05, 3.63) is 34.0 Å². The monoisotopic (exact) mass is 362 g/mol. The highest BCUT2D eigenvalue weighted by Gasteiger charge is 2.49.